The second kappa shape index (κ2) is 8.50. The van der Waals surface area contributed by atoms with E-state index in [9.17, 15) is 4.79 Å². The van der Waals surface area contributed by atoms with E-state index >= 15 is 0 Å². The van der Waals surface area contributed by atoms with E-state index < -0.39 is 0 Å². The van der Waals surface area contributed by atoms with Gasteiger partial charge in [-0.25, -0.2) is 4.98 Å². The van der Waals surface area contributed by atoms with Crippen LogP contribution in [0.5, 0.6) is 0 Å². The molecule has 1 fully saturated rings. The summed E-state index contributed by atoms with van der Waals surface area (Å²) in [6.07, 6.45) is 8.06. The number of nitrogens with zero attached hydrogens (tertiary/aromatic N) is 5. The molecule has 0 unspecified atom stereocenters. The number of para-hydroxylation sites is 2. The van der Waals surface area contributed by atoms with Gasteiger partial charge in [0.25, 0.3) is 0 Å². The van der Waals surface area contributed by atoms with Crippen molar-refractivity contribution < 1.29 is 4.79 Å². The lowest BCUT2D eigenvalue weighted by atomic mass is 10.1. The van der Waals surface area contributed by atoms with Crippen LogP contribution in [0.25, 0.3) is 11.0 Å². The number of aromatic nitrogens is 3. The van der Waals surface area contributed by atoms with Crippen LogP contribution in [0.3, 0.4) is 0 Å². The number of amides is 1. The Bertz CT molecular complexity index is 906. The Morgan fingerprint density at radius 3 is 2.46 bits per heavy atom. The van der Waals surface area contributed by atoms with Crippen molar-refractivity contribution in [1.82, 2.24) is 19.0 Å². The zero-order chi connectivity index (χ0) is 19.3. The van der Waals surface area contributed by atoms with Gasteiger partial charge in [0.15, 0.2) is 0 Å². The molecule has 1 aliphatic rings. The number of hydrogen-bond acceptors (Lipinski definition) is 3. The van der Waals surface area contributed by atoms with Gasteiger partial charge in [0.2, 0.25) is 11.9 Å². The lowest BCUT2D eigenvalue weighted by molar-refractivity contribution is -0.131. The molecule has 1 amide bonds. The summed E-state index contributed by atoms with van der Waals surface area (Å²) >= 11 is 0. The summed E-state index contributed by atoms with van der Waals surface area (Å²) in [5.41, 5.74) is 2.18. The summed E-state index contributed by atoms with van der Waals surface area (Å²) in [7, 11) is 2.07. The van der Waals surface area contributed by atoms with Gasteiger partial charge in [-0.2, -0.15) is 0 Å². The largest absolute Gasteiger partial charge is 0.354 e. The van der Waals surface area contributed by atoms with E-state index in [1.807, 2.05) is 17.0 Å². The minimum absolute atomic E-state index is 0.297. The van der Waals surface area contributed by atoms with Crippen molar-refractivity contribution in [3.05, 3.63) is 48.8 Å². The third-order valence-electron chi connectivity index (χ3n) is 5.65. The van der Waals surface area contributed by atoms with Gasteiger partial charge >= 0.3 is 0 Å². The Kier molecular flexibility index (Phi) is 5.65. The lowest BCUT2D eigenvalue weighted by Crippen LogP contribution is -2.49. The zero-order valence-electron chi connectivity index (χ0n) is 16.6. The van der Waals surface area contributed by atoms with E-state index in [0.717, 1.165) is 69.0 Å². The number of carbonyl (C=O) groups is 1. The fraction of sp³-hybridized carbons (Fsp3) is 0.455. The molecule has 1 aromatic carbocycles. The third-order valence-corrected chi connectivity index (χ3v) is 5.65. The summed E-state index contributed by atoms with van der Waals surface area (Å²) in [6, 6.07) is 12.3. The fourth-order valence-corrected chi connectivity index (χ4v) is 4.00. The molecular weight excluding hydrogens is 350 g/mol. The van der Waals surface area contributed by atoms with Crippen molar-refractivity contribution in [1.29, 1.82) is 0 Å². The highest BCUT2D eigenvalue weighted by Gasteiger charge is 2.23. The molecule has 0 saturated carbocycles. The van der Waals surface area contributed by atoms with Crippen molar-refractivity contribution in [2.24, 2.45) is 7.05 Å². The normalized spacial score (nSPS) is 14.8. The highest BCUT2D eigenvalue weighted by Crippen LogP contribution is 2.22. The number of aryl methyl sites for hydroxylation is 2. The molecule has 0 radical (unpaired) electrons. The number of rotatable bonds is 7. The molecule has 1 saturated heterocycles. The highest BCUT2D eigenvalue weighted by molar-refractivity contribution is 5.79. The van der Waals surface area contributed by atoms with Crippen LogP contribution in [0, 0.1) is 0 Å². The van der Waals surface area contributed by atoms with Crippen LogP contribution < -0.4 is 4.90 Å². The molecule has 0 spiro atoms. The van der Waals surface area contributed by atoms with Crippen LogP contribution in [0.4, 0.5) is 5.95 Å². The SMILES string of the molecule is Cn1c(N2CCN(C(=O)CCCCCn3cccc3)CC2)nc2ccccc21. The molecular formula is C22H29N5O. The highest BCUT2D eigenvalue weighted by atomic mass is 16.2. The van der Waals surface area contributed by atoms with Crippen molar-refractivity contribution in [3.8, 4) is 0 Å². The number of fused-ring (bicyclic) bond motifs is 1. The molecule has 0 atom stereocenters. The lowest BCUT2D eigenvalue weighted by Gasteiger charge is -2.35. The average molecular weight is 380 g/mol. The Morgan fingerprint density at radius 2 is 1.71 bits per heavy atom. The Morgan fingerprint density at radius 1 is 0.964 bits per heavy atom. The van der Waals surface area contributed by atoms with Crippen molar-refractivity contribution >= 4 is 22.9 Å². The molecule has 1 aliphatic heterocycles. The van der Waals surface area contributed by atoms with Crippen molar-refractivity contribution in [3.63, 3.8) is 0 Å². The monoisotopic (exact) mass is 379 g/mol. The summed E-state index contributed by atoms with van der Waals surface area (Å²) in [5.74, 6) is 1.30. The Balaban J connectivity index is 1.22. The van der Waals surface area contributed by atoms with Gasteiger partial charge in [0.05, 0.1) is 11.0 Å². The number of carbonyl (C=O) groups excluding carboxylic acids is 1. The van der Waals surface area contributed by atoms with Crippen LogP contribution in [0.2, 0.25) is 0 Å². The predicted octanol–water partition coefficient (Wildman–Crippen LogP) is 3.28. The molecule has 0 N–H and O–H groups in total. The second-order valence-electron chi connectivity index (χ2n) is 7.56. The minimum Gasteiger partial charge on any atom is -0.354 e. The molecule has 3 aromatic rings. The smallest absolute Gasteiger partial charge is 0.222 e. The second-order valence-corrected chi connectivity index (χ2v) is 7.56. The number of unbranched alkanes of at least 4 members (excludes halogenated alkanes) is 2. The van der Waals surface area contributed by atoms with Gasteiger partial charge in [-0.15, -0.1) is 0 Å². The molecule has 0 aliphatic carbocycles. The topological polar surface area (TPSA) is 46.3 Å². The van der Waals surface area contributed by atoms with Crippen LogP contribution in [0.1, 0.15) is 25.7 Å². The van der Waals surface area contributed by atoms with Crippen LogP contribution in [0.15, 0.2) is 48.8 Å². The number of hydrogen-bond donors (Lipinski definition) is 0. The van der Waals surface area contributed by atoms with E-state index in [0.29, 0.717) is 12.3 Å². The van der Waals surface area contributed by atoms with Crippen LogP contribution >= 0.6 is 0 Å². The molecule has 6 heteroatoms. The molecule has 28 heavy (non-hydrogen) atoms. The average Bonchev–Trinajstić information content (AvgIpc) is 3.36. The third kappa shape index (κ3) is 4.06. The van der Waals surface area contributed by atoms with Gasteiger partial charge in [-0.3, -0.25) is 4.79 Å². The van der Waals surface area contributed by atoms with Crippen LogP contribution in [-0.2, 0) is 18.4 Å². The fourth-order valence-electron chi connectivity index (χ4n) is 4.00. The quantitative estimate of drug-likeness (QED) is 0.592. The first-order valence-corrected chi connectivity index (χ1v) is 10.3. The number of anilines is 1. The summed E-state index contributed by atoms with van der Waals surface area (Å²) in [5, 5.41) is 0. The Labute approximate surface area is 166 Å². The van der Waals surface area contributed by atoms with Gasteiger partial charge in [-0.05, 0) is 37.1 Å². The molecule has 4 rings (SSSR count). The molecule has 148 valence electrons. The first-order valence-electron chi connectivity index (χ1n) is 10.3. The maximum atomic E-state index is 12.5. The Hall–Kier alpha value is -2.76. The molecule has 6 nitrogen and oxygen atoms in total. The standard InChI is InChI=1S/C22H29N5O/c1-24-20-10-5-4-9-19(20)23-22(24)27-17-15-26(16-18-27)21(28)11-3-2-6-12-25-13-7-8-14-25/h4-5,7-10,13-14H,2-3,6,11-12,15-18H2,1H3. The van der Waals surface area contributed by atoms with Crippen molar-refractivity contribution in [2.75, 3.05) is 31.1 Å². The number of benzene rings is 1. The molecule has 0 bridgehead atoms. The van der Waals surface area contributed by atoms with Crippen LogP contribution in [-0.4, -0.2) is 51.1 Å². The number of imidazole rings is 1. The van der Waals surface area contributed by atoms with Gasteiger partial charge in [0, 0.05) is 58.6 Å². The minimum atomic E-state index is 0.297. The van der Waals surface area contributed by atoms with E-state index in [1.54, 1.807) is 0 Å². The summed E-state index contributed by atoms with van der Waals surface area (Å²) < 4.78 is 4.35. The summed E-state index contributed by atoms with van der Waals surface area (Å²) in [4.78, 5) is 21.6. The maximum Gasteiger partial charge on any atom is 0.222 e. The van der Waals surface area contributed by atoms with E-state index in [4.69, 9.17) is 4.98 Å². The van der Waals surface area contributed by atoms with Crippen molar-refractivity contribution in [2.45, 2.75) is 32.2 Å². The number of piperazine rings is 1. The first kappa shape index (κ1) is 18.6. The molecule has 2 aromatic heterocycles. The first-order chi connectivity index (χ1) is 13.7. The molecule has 3 heterocycles. The predicted molar refractivity (Wildman–Crippen MR) is 112 cm³/mol. The van der Waals surface area contributed by atoms with E-state index in [1.165, 1.54) is 0 Å². The van der Waals surface area contributed by atoms with Gasteiger partial charge in [-0.1, -0.05) is 18.6 Å². The summed E-state index contributed by atoms with van der Waals surface area (Å²) in [6.45, 7) is 4.29. The maximum absolute atomic E-state index is 12.5. The van der Waals surface area contributed by atoms with E-state index in [2.05, 4.69) is 57.7 Å². The van der Waals surface area contributed by atoms with E-state index in [-0.39, 0.29) is 0 Å². The van der Waals surface area contributed by atoms with Gasteiger partial charge < -0.3 is 18.9 Å². The zero-order valence-corrected chi connectivity index (χ0v) is 16.6. The van der Waals surface area contributed by atoms with Gasteiger partial charge in [0.1, 0.15) is 0 Å².